The fourth-order valence-electron chi connectivity index (χ4n) is 3.30. The van der Waals surface area contributed by atoms with Crippen LogP contribution in [0.1, 0.15) is 38.2 Å². The van der Waals surface area contributed by atoms with Crippen LogP contribution >= 0.6 is 0 Å². The highest BCUT2D eigenvalue weighted by Crippen LogP contribution is 2.36. The normalized spacial score (nSPS) is 20.2. The van der Waals surface area contributed by atoms with Crippen molar-refractivity contribution in [1.29, 1.82) is 0 Å². The smallest absolute Gasteiger partial charge is 0.410 e. The van der Waals surface area contributed by atoms with E-state index in [4.69, 9.17) is 4.74 Å². The van der Waals surface area contributed by atoms with Crippen molar-refractivity contribution >= 4 is 6.09 Å². The van der Waals surface area contributed by atoms with Gasteiger partial charge < -0.3 is 9.64 Å². The Hall–Kier alpha value is -2.21. The van der Waals surface area contributed by atoms with E-state index in [9.17, 15) is 4.79 Å². The summed E-state index contributed by atoms with van der Waals surface area (Å²) in [5.74, 6) is 6.61. The van der Waals surface area contributed by atoms with Gasteiger partial charge in [0.15, 0.2) is 0 Å². The maximum absolute atomic E-state index is 12.0. The third kappa shape index (κ3) is 3.01. The van der Waals surface area contributed by atoms with Crippen LogP contribution in [0.4, 0.5) is 4.79 Å². The average Bonchev–Trinajstić information content (AvgIpc) is 2.99. The number of benzene rings is 1. The van der Waals surface area contributed by atoms with Crippen LogP contribution in [0.25, 0.3) is 0 Å². The number of likely N-dealkylation sites (tertiary alicyclic amines) is 1. The van der Waals surface area contributed by atoms with Crippen molar-refractivity contribution in [3.8, 4) is 11.8 Å². The fourth-order valence-corrected chi connectivity index (χ4v) is 3.30. The lowest BCUT2D eigenvalue weighted by molar-refractivity contribution is 0.103. The Kier molecular flexibility index (Phi) is 4.48. The molecule has 0 unspecified atom stereocenters. The van der Waals surface area contributed by atoms with E-state index in [1.54, 1.807) is 0 Å². The topological polar surface area (TPSA) is 29.5 Å². The largest absolute Gasteiger partial charge is 0.450 e. The second-order valence-electron chi connectivity index (χ2n) is 5.67. The van der Waals surface area contributed by atoms with Gasteiger partial charge in [0.2, 0.25) is 0 Å². The molecule has 2 aliphatic rings. The first kappa shape index (κ1) is 14.7. The predicted molar refractivity (Wildman–Crippen MR) is 86.3 cm³/mol. The Labute approximate surface area is 132 Å². The third-order valence-corrected chi connectivity index (χ3v) is 4.33. The number of ether oxygens (including phenoxy) is 1. The van der Waals surface area contributed by atoms with Crippen LogP contribution in [0.15, 0.2) is 41.5 Å². The van der Waals surface area contributed by atoms with Crippen LogP contribution in [0.2, 0.25) is 0 Å². The van der Waals surface area contributed by atoms with Crippen molar-refractivity contribution in [2.24, 2.45) is 0 Å². The van der Waals surface area contributed by atoms with Gasteiger partial charge in [-0.3, -0.25) is 0 Å². The number of hydrogen-bond acceptors (Lipinski definition) is 2. The molecule has 1 fully saturated rings. The Balaban J connectivity index is 1.82. The molecule has 114 valence electrons. The van der Waals surface area contributed by atoms with E-state index in [1.807, 2.05) is 42.2 Å². The van der Waals surface area contributed by atoms with Crippen LogP contribution in [0, 0.1) is 11.8 Å². The van der Waals surface area contributed by atoms with Crippen molar-refractivity contribution in [2.45, 2.75) is 38.6 Å². The Bertz CT molecular complexity index is 636. The van der Waals surface area contributed by atoms with Gasteiger partial charge in [0.05, 0.1) is 12.6 Å². The van der Waals surface area contributed by atoms with E-state index in [2.05, 4.69) is 11.8 Å². The van der Waals surface area contributed by atoms with Gasteiger partial charge in [-0.1, -0.05) is 30.0 Å². The summed E-state index contributed by atoms with van der Waals surface area (Å²) in [6, 6.07) is 10.3. The lowest BCUT2D eigenvalue weighted by Gasteiger charge is -2.28. The summed E-state index contributed by atoms with van der Waals surface area (Å²) in [5.41, 5.74) is 3.62. The summed E-state index contributed by atoms with van der Waals surface area (Å²) in [6.45, 7) is 3.04. The van der Waals surface area contributed by atoms with Crippen molar-refractivity contribution in [2.75, 3.05) is 13.2 Å². The maximum atomic E-state index is 12.0. The number of carbonyl (C=O) groups excluding carboxylic acids is 1. The number of rotatable bonds is 1. The van der Waals surface area contributed by atoms with Crippen molar-refractivity contribution in [3.05, 3.63) is 47.0 Å². The summed E-state index contributed by atoms with van der Waals surface area (Å²) in [4.78, 5) is 13.9. The summed E-state index contributed by atoms with van der Waals surface area (Å²) in [6.07, 6.45) is 3.90. The quantitative estimate of drug-likeness (QED) is 0.738. The van der Waals surface area contributed by atoms with Crippen molar-refractivity contribution in [1.82, 2.24) is 4.90 Å². The van der Waals surface area contributed by atoms with Crippen LogP contribution < -0.4 is 0 Å². The second kappa shape index (κ2) is 6.70. The first-order valence-corrected chi connectivity index (χ1v) is 8.02. The molecular formula is C19H21NO2. The lowest BCUT2D eigenvalue weighted by Crippen LogP contribution is -2.37. The third-order valence-electron chi connectivity index (χ3n) is 4.33. The zero-order chi connectivity index (χ0) is 15.4. The van der Waals surface area contributed by atoms with Crippen LogP contribution in [-0.2, 0) is 4.74 Å². The second-order valence-corrected chi connectivity index (χ2v) is 5.67. The monoisotopic (exact) mass is 295 g/mol. The number of fused-ring (bicyclic) bond motifs is 1. The molecule has 0 radical (unpaired) electrons. The molecule has 0 aromatic heterocycles. The minimum atomic E-state index is -0.181. The standard InChI is InChI=1S/C19H21NO2/c1-2-22-19(21)20-14-13-17-16(9-6-10-18(17)20)12-11-15-7-4-3-5-8-15/h3-5,7-8,18H,2,6,9-10,13-14H2,1H3/t18-/m0/s1. The zero-order valence-corrected chi connectivity index (χ0v) is 13.0. The van der Waals surface area contributed by atoms with Crippen molar-refractivity contribution < 1.29 is 9.53 Å². The van der Waals surface area contributed by atoms with E-state index in [1.165, 1.54) is 11.1 Å². The first-order valence-electron chi connectivity index (χ1n) is 8.02. The minimum absolute atomic E-state index is 0.181. The predicted octanol–water partition coefficient (Wildman–Crippen LogP) is 3.75. The average molecular weight is 295 g/mol. The number of carbonyl (C=O) groups is 1. The van der Waals surface area contributed by atoms with Crippen molar-refractivity contribution in [3.63, 3.8) is 0 Å². The van der Waals surface area contributed by atoms with Crippen LogP contribution in [0.3, 0.4) is 0 Å². The van der Waals surface area contributed by atoms with Gasteiger partial charge >= 0.3 is 6.09 Å². The molecule has 3 heteroatoms. The molecule has 0 saturated carbocycles. The molecule has 1 aliphatic heterocycles. The van der Waals surface area contributed by atoms with E-state index >= 15 is 0 Å². The number of nitrogens with zero attached hydrogens (tertiary/aromatic N) is 1. The number of amides is 1. The fraction of sp³-hybridized carbons (Fsp3) is 0.421. The maximum Gasteiger partial charge on any atom is 0.410 e. The summed E-state index contributed by atoms with van der Waals surface area (Å²) >= 11 is 0. The van der Waals surface area contributed by atoms with E-state index in [0.29, 0.717) is 6.61 Å². The van der Waals surface area contributed by atoms with Crippen LogP contribution in [0.5, 0.6) is 0 Å². The van der Waals surface area contributed by atoms with Gasteiger partial charge in [-0.05, 0) is 50.3 Å². The van der Waals surface area contributed by atoms with Gasteiger partial charge in [-0.2, -0.15) is 0 Å². The van der Waals surface area contributed by atoms with Gasteiger partial charge in [0, 0.05) is 17.7 Å². The van der Waals surface area contributed by atoms with E-state index < -0.39 is 0 Å². The molecule has 0 spiro atoms. The Morgan fingerprint density at radius 3 is 2.86 bits per heavy atom. The van der Waals surface area contributed by atoms with Gasteiger partial charge in [0.25, 0.3) is 0 Å². The molecule has 1 saturated heterocycles. The molecule has 3 nitrogen and oxygen atoms in total. The number of hydrogen-bond donors (Lipinski definition) is 0. The minimum Gasteiger partial charge on any atom is -0.450 e. The Morgan fingerprint density at radius 2 is 2.09 bits per heavy atom. The molecule has 0 N–H and O–H groups in total. The van der Waals surface area contributed by atoms with Gasteiger partial charge in [0.1, 0.15) is 0 Å². The lowest BCUT2D eigenvalue weighted by atomic mass is 9.88. The molecule has 1 atom stereocenters. The highest BCUT2D eigenvalue weighted by Gasteiger charge is 2.36. The van der Waals surface area contributed by atoms with E-state index in [-0.39, 0.29) is 12.1 Å². The first-order chi connectivity index (χ1) is 10.8. The summed E-state index contributed by atoms with van der Waals surface area (Å²) in [5, 5.41) is 0. The summed E-state index contributed by atoms with van der Waals surface area (Å²) in [7, 11) is 0. The Morgan fingerprint density at radius 1 is 1.27 bits per heavy atom. The molecule has 1 aromatic rings. The van der Waals surface area contributed by atoms with Gasteiger partial charge in [-0.25, -0.2) is 4.79 Å². The molecule has 1 heterocycles. The molecular weight excluding hydrogens is 274 g/mol. The molecule has 22 heavy (non-hydrogen) atoms. The summed E-state index contributed by atoms with van der Waals surface area (Å²) < 4.78 is 5.17. The highest BCUT2D eigenvalue weighted by atomic mass is 16.6. The molecule has 3 rings (SSSR count). The molecule has 0 bridgehead atoms. The van der Waals surface area contributed by atoms with Crippen LogP contribution in [-0.4, -0.2) is 30.2 Å². The number of allylic oxidation sites excluding steroid dienone is 1. The SMILES string of the molecule is CCOC(=O)N1CCC2=C(C#Cc3ccccc3)CCC[C@@H]21. The van der Waals surface area contributed by atoms with E-state index in [0.717, 1.165) is 37.8 Å². The zero-order valence-electron chi connectivity index (χ0n) is 13.0. The molecule has 1 aromatic carbocycles. The van der Waals surface area contributed by atoms with Gasteiger partial charge in [-0.15, -0.1) is 0 Å². The molecule has 1 aliphatic carbocycles. The highest BCUT2D eigenvalue weighted by molar-refractivity contribution is 5.70. The molecule has 1 amide bonds.